The number of nitrogens with one attached hydrogen (secondary N) is 1. The summed E-state index contributed by atoms with van der Waals surface area (Å²) in [5, 5.41) is 3.47. The Kier molecular flexibility index (Phi) is 4.06. The third kappa shape index (κ3) is 3.16. The van der Waals surface area contributed by atoms with E-state index in [1.807, 2.05) is 24.3 Å². The topological polar surface area (TPSA) is 30.5 Å². The molecule has 0 bridgehead atoms. The lowest BCUT2D eigenvalue weighted by molar-refractivity contribution is 0.251. The van der Waals surface area contributed by atoms with Gasteiger partial charge in [-0.2, -0.15) is 0 Å². The van der Waals surface area contributed by atoms with Gasteiger partial charge in [0.05, 0.1) is 13.7 Å². The highest BCUT2D eigenvalue weighted by Gasteiger charge is 2.21. The number of hydrogen-bond donors (Lipinski definition) is 1. The van der Waals surface area contributed by atoms with E-state index in [1.165, 1.54) is 11.6 Å². The summed E-state index contributed by atoms with van der Waals surface area (Å²) in [6, 6.07) is 12.7. The molecule has 0 spiro atoms. The van der Waals surface area contributed by atoms with Gasteiger partial charge in [0.25, 0.3) is 0 Å². The molecule has 3 rings (SSSR count). The second-order valence-electron chi connectivity index (χ2n) is 5.10. The predicted octanol–water partition coefficient (Wildman–Crippen LogP) is 3.45. The van der Waals surface area contributed by atoms with Crippen molar-refractivity contribution in [3.05, 3.63) is 59.4 Å². The Morgan fingerprint density at radius 1 is 1.24 bits per heavy atom. The Morgan fingerprint density at radius 2 is 2.05 bits per heavy atom. The lowest BCUT2D eigenvalue weighted by Gasteiger charge is -2.27. The van der Waals surface area contributed by atoms with Crippen LogP contribution in [0, 0.1) is 5.82 Å². The minimum atomic E-state index is -0.226. The molecule has 1 N–H and O–H groups in total. The Labute approximate surface area is 123 Å². The van der Waals surface area contributed by atoms with Crippen LogP contribution < -0.4 is 14.8 Å². The molecule has 4 heteroatoms. The summed E-state index contributed by atoms with van der Waals surface area (Å²) in [5.41, 5.74) is 2.06. The molecule has 0 fully saturated rings. The average molecular weight is 287 g/mol. The minimum absolute atomic E-state index is 0.117. The summed E-state index contributed by atoms with van der Waals surface area (Å²) in [6.07, 6.45) is 0.840. The highest BCUT2D eigenvalue weighted by atomic mass is 19.1. The van der Waals surface area contributed by atoms with Crippen molar-refractivity contribution in [1.82, 2.24) is 5.32 Å². The molecule has 1 heterocycles. The van der Waals surface area contributed by atoms with Crippen molar-refractivity contribution in [1.29, 1.82) is 0 Å². The van der Waals surface area contributed by atoms with Gasteiger partial charge in [-0.15, -0.1) is 0 Å². The van der Waals surface area contributed by atoms with Crippen molar-refractivity contribution in [3.63, 3.8) is 0 Å². The van der Waals surface area contributed by atoms with Gasteiger partial charge in [-0.1, -0.05) is 12.1 Å². The summed E-state index contributed by atoms with van der Waals surface area (Å²) >= 11 is 0. The lowest BCUT2D eigenvalue weighted by Crippen LogP contribution is -2.26. The van der Waals surface area contributed by atoms with Gasteiger partial charge in [-0.05, 0) is 35.9 Å². The normalized spacial score (nSPS) is 17.0. The molecule has 110 valence electrons. The molecule has 1 aliphatic heterocycles. The van der Waals surface area contributed by atoms with E-state index in [1.54, 1.807) is 19.2 Å². The Bertz CT molecular complexity index is 613. The van der Waals surface area contributed by atoms with Crippen LogP contribution >= 0.6 is 0 Å². The van der Waals surface area contributed by atoms with E-state index in [0.717, 1.165) is 30.0 Å². The molecule has 0 saturated carbocycles. The van der Waals surface area contributed by atoms with Gasteiger partial charge >= 0.3 is 0 Å². The predicted molar refractivity (Wildman–Crippen MR) is 79.1 cm³/mol. The number of ether oxygens (including phenoxy) is 2. The number of hydrogen-bond acceptors (Lipinski definition) is 3. The fourth-order valence-electron chi connectivity index (χ4n) is 2.56. The monoisotopic (exact) mass is 287 g/mol. The van der Waals surface area contributed by atoms with Crippen LogP contribution in [0.4, 0.5) is 4.39 Å². The molecule has 0 amide bonds. The summed E-state index contributed by atoms with van der Waals surface area (Å²) in [7, 11) is 1.65. The zero-order valence-electron chi connectivity index (χ0n) is 11.9. The van der Waals surface area contributed by atoms with Crippen LogP contribution in [0.1, 0.15) is 23.6 Å². The van der Waals surface area contributed by atoms with Crippen molar-refractivity contribution in [2.75, 3.05) is 13.7 Å². The maximum atomic E-state index is 13.4. The zero-order chi connectivity index (χ0) is 14.7. The van der Waals surface area contributed by atoms with E-state index < -0.39 is 0 Å². The van der Waals surface area contributed by atoms with Crippen molar-refractivity contribution in [3.8, 4) is 11.5 Å². The van der Waals surface area contributed by atoms with Gasteiger partial charge in [-0.3, -0.25) is 0 Å². The van der Waals surface area contributed by atoms with Crippen molar-refractivity contribution >= 4 is 0 Å². The molecule has 2 aromatic rings. The first kappa shape index (κ1) is 13.9. The average Bonchev–Trinajstić information content (AvgIpc) is 2.53. The van der Waals surface area contributed by atoms with Crippen molar-refractivity contribution in [2.24, 2.45) is 0 Å². The number of fused-ring (bicyclic) bond motifs is 1. The molecule has 0 radical (unpaired) electrons. The summed E-state index contributed by atoms with van der Waals surface area (Å²) in [4.78, 5) is 0. The summed E-state index contributed by atoms with van der Waals surface area (Å²) in [5.74, 6) is 1.39. The standard InChI is InChI=1S/C17H18FNO2/c1-20-14-5-2-12(3-6-14)11-19-16-8-9-21-17-7-4-13(18)10-15(16)17/h2-7,10,16,19H,8-9,11H2,1H3. The van der Waals surface area contributed by atoms with Gasteiger partial charge in [0.1, 0.15) is 17.3 Å². The van der Waals surface area contributed by atoms with Crippen LogP contribution in [0.25, 0.3) is 0 Å². The largest absolute Gasteiger partial charge is 0.497 e. The Balaban J connectivity index is 1.70. The summed E-state index contributed by atoms with van der Waals surface area (Å²) in [6.45, 7) is 1.38. The SMILES string of the molecule is COc1ccc(CNC2CCOc3ccc(F)cc32)cc1. The van der Waals surface area contributed by atoms with E-state index in [-0.39, 0.29) is 11.9 Å². The number of rotatable bonds is 4. The first-order valence-electron chi connectivity index (χ1n) is 7.05. The molecule has 2 aromatic carbocycles. The van der Waals surface area contributed by atoms with E-state index >= 15 is 0 Å². The smallest absolute Gasteiger partial charge is 0.124 e. The van der Waals surface area contributed by atoms with Gasteiger partial charge in [0, 0.05) is 24.6 Å². The molecular weight excluding hydrogens is 269 g/mol. The van der Waals surface area contributed by atoms with Crippen LogP contribution in [-0.4, -0.2) is 13.7 Å². The highest BCUT2D eigenvalue weighted by Crippen LogP contribution is 2.32. The zero-order valence-corrected chi connectivity index (χ0v) is 11.9. The molecule has 1 unspecified atom stereocenters. The van der Waals surface area contributed by atoms with Crippen LogP contribution in [0.5, 0.6) is 11.5 Å². The molecule has 1 aliphatic rings. The molecule has 0 saturated heterocycles. The molecule has 3 nitrogen and oxygen atoms in total. The Hall–Kier alpha value is -2.07. The molecule has 21 heavy (non-hydrogen) atoms. The van der Waals surface area contributed by atoms with Gasteiger partial charge in [0.2, 0.25) is 0 Å². The Morgan fingerprint density at radius 3 is 2.81 bits per heavy atom. The first-order valence-corrected chi connectivity index (χ1v) is 7.05. The van der Waals surface area contributed by atoms with Crippen molar-refractivity contribution < 1.29 is 13.9 Å². The quantitative estimate of drug-likeness (QED) is 0.934. The van der Waals surface area contributed by atoms with E-state index in [0.29, 0.717) is 6.61 Å². The fourth-order valence-corrected chi connectivity index (χ4v) is 2.56. The van der Waals surface area contributed by atoms with Gasteiger partial charge in [0.15, 0.2) is 0 Å². The maximum absolute atomic E-state index is 13.4. The van der Waals surface area contributed by atoms with E-state index in [9.17, 15) is 4.39 Å². The van der Waals surface area contributed by atoms with Crippen LogP contribution in [0.2, 0.25) is 0 Å². The molecule has 0 aromatic heterocycles. The third-order valence-electron chi connectivity index (χ3n) is 3.72. The highest BCUT2D eigenvalue weighted by molar-refractivity contribution is 5.38. The molecule has 1 atom stereocenters. The third-order valence-corrected chi connectivity index (χ3v) is 3.72. The number of halogens is 1. The second kappa shape index (κ2) is 6.14. The van der Waals surface area contributed by atoms with Gasteiger partial charge < -0.3 is 14.8 Å². The number of benzene rings is 2. The van der Waals surface area contributed by atoms with E-state index in [2.05, 4.69) is 5.32 Å². The minimum Gasteiger partial charge on any atom is -0.497 e. The van der Waals surface area contributed by atoms with Crippen molar-refractivity contribution in [2.45, 2.75) is 19.0 Å². The molecular formula is C17H18FNO2. The van der Waals surface area contributed by atoms with Gasteiger partial charge in [-0.25, -0.2) is 4.39 Å². The second-order valence-corrected chi connectivity index (χ2v) is 5.10. The summed E-state index contributed by atoms with van der Waals surface area (Å²) < 4.78 is 24.1. The van der Waals surface area contributed by atoms with E-state index in [4.69, 9.17) is 9.47 Å². The molecule has 0 aliphatic carbocycles. The maximum Gasteiger partial charge on any atom is 0.124 e. The van der Waals surface area contributed by atoms with Crippen LogP contribution in [0.3, 0.4) is 0 Å². The van der Waals surface area contributed by atoms with Crippen LogP contribution in [-0.2, 0) is 6.54 Å². The fraction of sp³-hybridized carbons (Fsp3) is 0.294. The first-order chi connectivity index (χ1) is 10.3. The lowest BCUT2D eigenvalue weighted by atomic mass is 10.00. The number of methoxy groups -OCH3 is 1. The van der Waals surface area contributed by atoms with Crippen LogP contribution in [0.15, 0.2) is 42.5 Å².